The molecule has 0 saturated carbocycles. The molecule has 1 aromatic carbocycles. The van der Waals surface area contributed by atoms with E-state index in [9.17, 15) is 14.4 Å². The zero-order valence-electron chi connectivity index (χ0n) is 22.2. The van der Waals surface area contributed by atoms with Crippen LogP contribution in [0.25, 0.3) is 0 Å². The number of amides is 1. The molecule has 0 unspecified atom stereocenters. The number of ether oxygens (including phenoxy) is 3. The van der Waals surface area contributed by atoms with E-state index in [2.05, 4.69) is 12.2 Å². The lowest BCUT2D eigenvalue weighted by Crippen LogP contribution is -2.55. The van der Waals surface area contributed by atoms with Gasteiger partial charge in [-0.25, -0.2) is 0 Å². The third-order valence-corrected chi connectivity index (χ3v) is 5.88. The summed E-state index contributed by atoms with van der Waals surface area (Å²) in [4.78, 5) is 34.6. The van der Waals surface area contributed by atoms with E-state index in [4.69, 9.17) is 14.2 Å². The zero-order chi connectivity index (χ0) is 25.9. The van der Waals surface area contributed by atoms with E-state index in [1.165, 1.54) is 72.1 Å². The molecule has 1 rings (SSSR count). The van der Waals surface area contributed by atoms with Crippen molar-refractivity contribution in [2.24, 2.45) is 0 Å². The summed E-state index contributed by atoms with van der Waals surface area (Å²) in [5.41, 5.74) is 0.0507. The number of benzene rings is 1. The fraction of sp³-hybridized carbons (Fsp3) is 0.679. The molecule has 7 heteroatoms. The molecule has 0 aliphatic rings. The molecular weight excluding hydrogens is 446 g/mol. The van der Waals surface area contributed by atoms with Gasteiger partial charge in [-0.2, -0.15) is 0 Å². The van der Waals surface area contributed by atoms with E-state index in [-0.39, 0.29) is 19.1 Å². The first kappa shape index (κ1) is 30.5. The summed E-state index contributed by atoms with van der Waals surface area (Å²) in [6, 6.07) is 7.87. The quantitative estimate of drug-likeness (QED) is 0.202. The van der Waals surface area contributed by atoms with Gasteiger partial charge in [0.25, 0.3) is 0 Å². The topological polar surface area (TPSA) is 90.9 Å². The summed E-state index contributed by atoms with van der Waals surface area (Å²) in [5, 5.41) is 2.83. The predicted octanol–water partition coefficient (Wildman–Crippen LogP) is 5.53. The second-order valence-corrected chi connectivity index (χ2v) is 9.34. The molecule has 7 nitrogen and oxygen atoms in total. The summed E-state index contributed by atoms with van der Waals surface area (Å²) >= 11 is 0. The summed E-state index contributed by atoms with van der Waals surface area (Å²) in [6.45, 7) is 6.80. The standard InChI is InChI=1S/C28H45NO6/c1-5-6-7-8-9-10-11-12-13-20-33-27-16-14-26(15-17-27)18-19-28(29-23(2)30,21-34-24(3)31)22-35-25(4)32/h14-17H,5-13,18-22H2,1-4H3,(H,29,30). The van der Waals surface area contributed by atoms with E-state index in [1.807, 2.05) is 24.3 Å². The van der Waals surface area contributed by atoms with Crippen LogP contribution in [0.15, 0.2) is 24.3 Å². The minimum absolute atomic E-state index is 0.0743. The second kappa shape index (κ2) is 17.8. The highest BCUT2D eigenvalue weighted by molar-refractivity contribution is 5.74. The molecule has 0 atom stereocenters. The first-order valence-electron chi connectivity index (χ1n) is 13.0. The number of hydrogen-bond donors (Lipinski definition) is 1. The predicted molar refractivity (Wildman–Crippen MR) is 137 cm³/mol. The Hall–Kier alpha value is -2.57. The van der Waals surface area contributed by atoms with Crippen molar-refractivity contribution >= 4 is 17.8 Å². The summed E-state index contributed by atoms with van der Waals surface area (Å²) < 4.78 is 16.2. The molecule has 0 saturated heterocycles. The van der Waals surface area contributed by atoms with Crippen LogP contribution in [-0.2, 0) is 30.3 Å². The van der Waals surface area contributed by atoms with Crippen LogP contribution >= 0.6 is 0 Å². The van der Waals surface area contributed by atoms with Gasteiger partial charge in [-0.3, -0.25) is 14.4 Å². The number of rotatable bonds is 19. The highest BCUT2D eigenvalue weighted by atomic mass is 16.5. The largest absolute Gasteiger partial charge is 0.494 e. The van der Waals surface area contributed by atoms with Gasteiger partial charge in [-0.1, -0.05) is 70.4 Å². The van der Waals surface area contributed by atoms with Gasteiger partial charge in [-0.15, -0.1) is 0 Å². The number of unbranched alkanes of at least 4 members (excludes halogenated alkanes) is 8. The third kappa shape index (κ3) is 15.1. The number of nitrogens with one attached hydrogen (secondary N) is 1. The van der Waals surface area contributed by atoms with Crippen molar-refractivity contribution < 1.29 is 28.6 Å². The Morgan fingerprint density at radius 1 is 0.771 bits per heavy atom. The Morgan fingerprint density at radius 2 is 1.29 bits per heavy atom. The second-order valence-electron chi connectivity index (χ2n) is 9.34. The van der Waals surface area contributed by atoms with Crippen LogP contribution in [0.1, 0.15) is 97.5 Å². The smallest absolute Gasteiger partial charge is 0.302 e. The maximum absolute atomic E-state index is 11.8. The molecule has 0 aromatic heterocycles. The molecule has 0 heterocycles. The van der Waals surface area contributed by atoms with Crippen molar-refractivity contribution in [2.45, 2.75) is 104 Å². The van der Waals surface area contributed by atoms with Gasteiger partial charge in [0.2, 0.25) is 5.91 Å². The SMILES string of the molecule is CCCCCCCCCCCOc1ccc(CCC(COC(C)=O)(COC(C)=O)NC(C)=O)cc1. The molecule has 1 aromatic rings. The van der Waals surface area contributed by atoms with Gasteiger partial charge in [0.15, 0.2) is 0 Å². The molecule has 0 aliphatic heterocycles. The van der Waals surface area contributed by atoms with Crippen LogP contribution in [0.5, 0.6) is 5.75 Å². The first-order valence-corrected chi connectivity index (χ1v) is 13.0. The average Bonchev–Trinajstić information content (AvgIpc) is 2.81. The Bertz CT molecular complexity index is 728. The Balaban J connectivity index is 2.49. The van der Waals surface area contributed by atoms with Crippen LogP contribution in [0, 0.1) is 0 Å². The molecule has 0 fully saturated rings. The molecule has 0 spiro atoms. The summed E-state index contributed by atoms with van der Waals surface area (Å²) in [6.07, 6.45) is 12.6. The fourth-order valence-corrected chi connectivity index (χ4v) is 3.91. The van der Waals surface area contributed by atoms with Crippen molar-refractivity contribution in [3.8, 4) is 5.75 Å². The number of hydrogen-bond acceptors (Lipinski definition) is 6. The van der Waals surface area contributed by atoms with Crippen LogP contribution in [0.2, 0.25) is 0 Å². The zero-order valence-corrected chi connectivity index (χ0v) is 22.2. The average molecular weight is 492 g/mol. The molecule has 0 radical (unpaired) electrons. The molecule has 35 heavy (non-hydrogen) atoms. The van der Waals surface area contributed by atoms with Gasteiger partial charge in [-0.05, 0) is 37.0 Å². The molecule has 198 valence electrons. The van der Waals surface area contributed by atoms with Gasteiger partial charge in [0.05, 0.1) is 6.61 Å². The van der Waals surface area contributed by atoms with E-state index < -0.39 is 17.5 Å². The summed E-state index contributed by atoms with van der Waals surface area (Å²) in [7, 11) is 0. The maximum Gasteiger partial charge on any atom is 0.302 e. The highest BCUT2D eigenvalue weighted by Gasteiger charge is 2.34. The molecular formula is C28H45NO6. The van der Waals surface area contributed by atoms with Gasteiger partial charge in [0, 0.05) is 20.8 Å². The molecule has 1 N–H and O–H groups in total. The molecule has 1 amide bonds. The van der Waals surface area contributed by atoms with Crippen molar-refractivity contribution in [2.75, 3.05) is 19.8 Å². The van der Waals surface area contributed by atoms with E-state index in [1.54, 1.807) is 0 Å². The van der Waals surface area contributed by atoms with Gasteiger partial charge < -0.3 is 19.5 Å². The number of aryl methyl sites for hydroxylation is 1. The molecule has 0 aliphatic carbocycles. The van der Waals surface area contributed by atoms with Crippen molar-refractivity contribution in [1.82, 2.24) is 5.32 Å². The van der Waals surface area contributed by atoms with Crippen LogP contribution < -0.4 is 10.1 Å². The van der Waals surface area contributed by atoms with Gasteiger partial charge >= 0.3 is 11.9 Å². The Kier molecular flexibility index (Phi) is 15.5. The van der Waals surface area contributed by atoms with Crippen LogP contribution in [0.4, 0.5) is 0 Å². The third-order valence-electron chi connectivity index (χ3n) is 5.88. The number of carbonyl (C=O) groups excluding carboxylic acids is 3. The maximum atomic E-state index is 11.8. The Labute approximate surface area is 211 Å². The Morgan fingerprint density at radius 3 is 1.77 bits per heavy atom. The molecule has 0 bridgehead atoms. The van der Waals surface area contributed by atoms with Gasteiger partial charge in [0.1, 0.15) is 24.5 Å². The van der Waals surface area contributed by atoms with Crippen LogP contribution in [0.3, 0.4) is 0 Å². The number of esters is 2. The lowest BCUT2D eigenvalue weighted by atomic mass is 9.92. The highest BCUT2D eigenvalue weighted by Crippen LogP contribution is 2.20. The van der Waals surface area contributed by atoms with E-state index >= 15 is 0 Å². The lowest BCUT2D eigenvalue weighted by molar-refractivity contribution is -0.150. The van der Waals surface area contributed by atoms with E-state index in [0.29, 0.717) is 19.4 Å². The normalized spacial score (nSPS) is 11.1. The minimum atomic E-state index is -0.992. The van der Waals surface area contributed by atoms with Crippen molar-refractivity contribution in [3.63, 3.8) is 0 Å². The van der Waals surface area contributed by atoms with Crippen molar-refractivity contribution in [3.05, 3.63) is 29.8 Å². The van der Waals surface area contributed by atoms with Crippen molar-refractivity contribution in [1.29, 1.82) is 0 Å². The summed E-state index contributed by atoms with van der Waals surface area (Å²) in [5.74, 6) is -0.377. The fourth-order valence-electron chi connectivity index (χ4n) is 3.91. The number of carbonyl (C=O) groups is 3. The minimum Gasteiger partial charge on any atom is -0.494 e. The monoisotopic (exact) mass is 491 g/mol. The lowest BCUT2D eigenvalue weighted by Gasteiger charge is -2.33. The van der Waals surface area contributed by atoms with E-state index in [0.717, 1.165) is 17.7 Å². The first-order chi connectivity index (χ1) is 16.8. The van der Waals surface area contributed by atoms with Crippen LogP contribution in [-0.4, -0.2) is 43.2 Å².